The molecule has 2 aromatic heterocycles. The van der Waals surface area contributed by atoms with Crippen LogP contribution in [0.3, 0.4) is 0 Å². The van der Waals surface area contributed by atoms with Crippen LogP contribution in [0.2, 0.25) is 0 Å². The van der Waals surface area contributed by atoms with Crippen LogP contribution in [0.5, 0.6) is 11.6 Å². The van der Waals surface area contributed by atoms with Gasteiger partial charge in [0.15, 0.2) is 5.65 Å². The molecule has 4 aromatic rings. The topological polar surface area (TPSA) is 122 Å². The van der Waals surface area contributed by atoms with Gasteiger partial charge in [-0.3, -0.25) is 4.79 Å². The van der Waals surface area contributed by atoms with Crippen molar-refractivity contribution in [1.29, 1.82) is 0 Å². The lowest BCUT2D eigenvalue weighted by Gasteiger charge is -2.34. The van der Waals surface area contributed by atoms with E-state index in [1.165, 1.54) is 18.3 Å². The number of piperazine rings is 1. The van der Waals surface area contributed by atoms with Gasteiger partial charge in [-0.15, -0.1) is 0 Å². The molecule has 0 spiro atoms. The number of hydrogen-bond acceptors (Lipinski definition) is 9. The fourth-order valence-corrected chi connectivity index (χ4v) is 5.06. The summed E-state index contributed by atoms with van der Waals surface area (Å²) in [5.41, 5.74) is 1.44. The molecule has 0 bridgehead atoms. The minimum Gasteiger partial charge on any atom is -0.438 e. The number of carbonyl (C=O) groups is 1. The first kappa shape index (κ1) is 27.1. The molecule has 1 aliphatic heterocycles. The summed E-state index contributed by atoms with van der Waals surface area (Å²) < 4.78 is 47.0. The monoisotopic (exact) mass is 565 g/mol. The third kappa shape index (κ3) is 5.90. The molecule has 2 aromatic carbocycles. The molecule has 1 amide bonds. The highest BCUT2D eigenvalue weighted by molar-refractivity contribution is 7.89. The third-order valence-corrected chi connectivity index (χ3v) is 7.39. The molecular formula is C27H28FN7O4S. The summed E-state index contributed by atoms with van der Waals surface area (Å²) in [6, 6.07) is 12.9. The van der Waals surface area contributed by atoms with Crippen LogP contribution in [0.15, 0.2) is 67.4 Å². The fourth-order valence-electron chi connectivity index (χ4n) is 4.33. The predicted octanol–water partition coefficient (Wildman–Crippen LogP) is 3.79. The molecule has 0 radical (unpaired) electrons. The van der Waals surface area contributed by atoms with Crippen LogP contribution >= 0.6 is 0 Å². The Morgan fingerprint density at radius 1 is 1.07 bits per heavy atom. The number of fused-ring (bicyclic) bond motifs is 1. The van der Waals surface area contributed by atoms with Crippen molar-refractivity contribution in [3.8, 4) is 11.6 Å². The zero-order valence-corrected chi connectivity index (χ0v) is 22.8. The number of aromatic nitrogens is 3. The van der Waals surface area contributed by atoms with Crippen LogP contribution < -0.4 is 20.3 Å². The van der Waals surface area contributed by atoms with Crippen molar-refractivity contribution in [2.24, 2.45) is 0 Å². The fraction of sp³-hybridized carbons (Fsp3) is 0.222. The maximum absolute atomic E-state index is 15.1. The van der Waals surface area contributed by atoms with Crippen LogP contribution in [0.25, 0.3) is 11.0 Å². The van der Waals surface area contributed by atoms with Gasteiger partial charge in [-0.2, -0.15) is 9.97 Å². The molecule has 0 unspecified atom stereocenters. The molecule has 208 valence electrons. The van der Waals surface area contributed by atoms with E-state index < -0.39 is 15.8 Å². The van der Waals surface area contributed by atoms with E-state index in [-0.39, 0.29) is 23.4 Å². The van der Waals surface area contributed by atoms with Gasteiger partial charge in [0.1, 0.15) is 11.6 Å². The summed E-state index contributed by atoms with van der Waals surface area (Å²) in [4.78, 5) is 24.7. The Labute approximate surface area is 230 Å². The molecule has 1 saturated heterocycles. The Kier molecular flexibility index (Phi) is 7.41. The first-order valence-corrected chi connectivity index (χ1v) is 14.3. The number of halogens is 1. The number of benzene rings is 2. The zero-order chi connectivity index (χ0) is 28.4. The number of ether oxygens (including phenoxy) is 1. The van der Waals surface area contributed by atoms with Crippen LogP contribution in [0, 0.1) is 5.82 Å². The van der Waals surface area contributed by atoms with Crippen LogP contribution in [-0.2, 0) is 14.8 Å². The average Bonchev–Trinajstić information content (AvgIpc) is 3.35. The van der Waals surface area contributed by atoms with Crippen molar-refractivity contribution < 1.29 is 22.3 Å². The van der Waals surface area contributed by atoms with Gasteiger partial charge in [0.25, 0.3) is 0 Å². The zero-order valence-electron chi connectivity index (χ0n) is 22.0. The van der Waals surface area contributed by atoms with Crippen molar-refractivity contribution in [3.05, 3.63) is 73.2 Å². The number of amides is 1. The number of anilines is 4. The molecule has 3 heterocycles. The summed E-state index contributed by atoms with van der Waals surface area (Å²) in [7, 11) is -1.67. The van der Waals surface area contributed by atoms with E-state index in [1.807, 2.05) is 11.9 Å². The van der Waals surface area contributed by atoms with Gasteiger partial charge in [0.2, 0.25) is 27.8 Å². The van der Waals surface area contributed by atoms with Crippen molar-refractivity contribution in [2.45, 2.75) is 0 Å². The molecule has 0 aliphatic carbocycles. The van der Waals surface area contributed by atoms with Gasteiger partial charge in [-0.1, -0.05) is 12.6 Å². The quantitative estimate of drug-likeness (QED) is 0.307. The minimum absolute atomic E-state index is 0.00830. The van der Waals surface area contributed by atoms with Crippen molar-refractivity contribution in [3.63, 3.8) is 0 Å². The van der Waals surface area contributed by atoms with Gasteiger partial charge in [0, 0.05) is 49.8 Å². The second-order valence-corrected chi connectivity index (χ2v) is 11.2. The van der Waals surface area contributed by atoms with E-state index in [1.54, 1.807) is 36.4 Å². The molecule has 0 saturated carbocycles. The summed E-state index contributed by atoms with van der Waals surface area (Å²) >= 11 is 0. The molecule has 40 heavy (non-hydrogen) atoms. The number of nitrogens with one attached hydrogen (secondary N) is 2. The second-order valence-electron chi connectivity index (χ2n) is 9.37. The third-order valence-electron chi connectivity index (χ3n) is 6.38. The minimum atomic E-state index is -3.70. The van der Waals surface area contributed by atoms with Crippen LogP contribution in [0.4, 0.5) is 27.4 Å². The lowest BCUT2D eigenvalue weighted by atomic mass is 10.2. The average molecular weight is 566 g/mol. The Bertz CT molecular complexity index is 1700. The standard InChI is InChI=1S/C27H28FN7O4S/c1-4-24(36)29-18-6-5-7-20(16-18)39-26-21-10-11-35(40(3,37)38)25(21)31-27(32-26)30-19-8-9-23(22(28)17-19)34-14-12-33(2)13-15-34/h4-11,16-17H,1,12-15H2,2-3H3,(H,29,36)(H,30,31,32). The summed E-state index contributed by atoms with van der Waals surface area (Å²) in [5.74, 6) is -0.373. The number of hydrogen-bond donors (Lipinski definition) is 2. The molecule has 1 aliphatic rings. The molecule has 1 fully saturated rings. The Morgan fingerprint density at radius 2 is 1.85 bits per heavy atom. The highest BCUT2D eigenvalue weighted by Crippen LogP contribution is 2.32. The van der Waals surface area contributed by atoms with Gasteiger partial charge in [0.05, 0.1) is 17.3 Å². The molecule has 11 nitrogen and oxygen atoms in total. The first-order valence-electron chi connectivity index (χ1n) is 12.4. The Morgan fingerprint density at radius 3 is 2.55 bits per heavy atom. The maximum atomic E-state index is 15.1. The highest BCUT2D eigenvalue weighted by atomic mass is 32.2. The van der Waals surface area contributed by atoms with Gasteiger partial charge in [-0.05, 0) is 49.5 Å². The van der Waals surface area contributed by atoms with Crippen molar-refractivity contribution in [1.82, 2.24) is 18.8 Å². The predicted molar refractivity (Wildman–Crippen MR) is 153 cm³/mol. The molecule has 0 atom stereocenters. The largest absolute Gasteiger partial charge is 0.438 e. The van der Waals surface area contributed by atoms with E-state index in [4.69, 9.17) is 4.74 Å². The smallest absolute Gasteiger partial charge is 0.247 e. The number of carbonyl (C=O) groups excluding carboxylic acids is 1. The number of likely N-dealkylation sites (N-methyl/N-ethyl adjacent to an activating group) is 1. The molecular weight excluding hydrogens is 537 g/mol. The SMILES string of the molecule is C=CC(=O)Nc1cccc(Oc2nc(Nc3ccc(N4CCN(C)CC4)c(F)c3)nc3c2ccn3S(C)(=O)=O)c1. The van der Waals surface area contributed by atoms with Crippen molar-refractivity contribution in [2.75, 3.05) is 55.0 Å². The van der Waals surface area contributed by atoms with Gasteiger partial charge < -0.3 is 25.2 Å². The second kappa shape index (κ2) is 10.9. The van der Waals surface area contributed by atoms with E-state index in [9.17, 15) is 13.2 Å². The molecule has 13 heteroatoms. The lowest BCUT2D eigenvalue weighted by molar-refractivity contribution is -0.111. The van der Waals surface area contributed by atoms with E-state index in [0.29, 0.717) is 28.2 Å². The number of rotatable bonds is 8. The Hall–Kier alpha value is -4.49. The maximum Gasteiger partial charge on any atom is 0.247 e. The highest BCUT2D eigenvalue weighted by Gasteiger charge is 2.20. The summed E-state index contributed by atoms with van der Waals surface area (Å²) in [6.45, 7) is 6.58. The first-order chi connectivity index (χ1) is 19.1. The van der Waals surface area contributed by atoms with Gasteiger partial charge >= 0.3 is 0 Å². The number of nitrogens with zero attached hydrogens (tertiary/aromatic N) is 5. The summed E-state index contributed by atoms with van der Waals surface area (Å²) in [5, 5.41) is 5.96. The van der Waals surface area contributed by atoms with Crippen molar-refractivity contribution >= 4 is 50.0 Å². The van der Waals surface area contributed by atoms with Crippen LogP contribution in [-0.4, -0.2) is 72.6 Å². The van der Waals surface area contributed by atoms with E-state index in [0.717, 1.165) is 42.5 Å². The van der Waals surface area contributed by atoms with Crippen LogP contribution in [0.1, 0.15) is 0 Å². The lowest BCUT2D eigenvalue weighted by Crippen LogP contribution is -2.44. The van der Waals surface area contributed by atoms with Gasteiger partial charge in [-0.25, -0.2) is 16.8 Å². The molecule has 5 rings (SSSR count). The van der Waals surface area contributed by atoms with E-state index in [2.05, 4.69) is 32.1 Å². The Balaban J connectivity index is 1.48. The van der Waals surface area contributed by atoms with E-state index >= 15 is 4.39 Å². The molecule has 2 N–H and O–H groups in total. The normalized spacial score (nSPS) is 14.2. The summed E-state index contributed by atoms with van der Waals surface area (Å²) in [6.07, 6.45) is 3.56.